The van der Waals surface area contributed by atoms with Gasteiger partial charge in [0.25, 0.3) is 0 Å². The van der Waals surface area contributed by atoms with Gasteiger partial charge in [0.05, 0.1) is 5.56 Å². The van der Waals surface area contributed by atoms with E-state index < -0.39 is 47.4 Å². The second-order valence-corrected chi connectivity index (χ2v) is 7.25. The fourth-order valence-electron chi connectivity index (χ4n) is 2.74. The molecule has 2 aromatic carbocycles. The van der Waals surface area contributed by atoms with Gasteiger partial charge in [-0.25, -0.2) is 18.0 Å². The molecule has 164 valence electrons. The maximum atomic E-state index is 13.6. The highest BCUT2D eigenvalue weighted by Gasteiger charge is 2.29. The third kappa shape index (κ3) is 3.94. The topological polar surface area (TPSA) is 61.8 Å². The minimum atomic E-state index is -2.35. The maximum Gasteiger partial charge on any atom is 0.349 e. The second kappa shape index (κ2) is 8.42. The SMILES string of the molecule is O=C(COc1c(F)c(F)c(F)c(F)c1F)Oc1ccc2c(c1)O/C(=C\c1cccs1)C2=O. The number of ketones is 1. The lowest BCUT2D eigenvalue weighted by Crippen LogP contribution is -2.19. The number of hydrogen-bond donors (Lipinski definition) is 0. The number of esters is 1. The normalized spacial score (nSPS) is 13.8. The van der Waals surface area contributed by atoms with Crippen molar-refractivity contribution in [2.75, 3.05) is 6.61 Å². The number of benzene rings is 2. The molecule has 0 spiro atoms. The number of rotatable bonds is 5. The van der Waals surface area contributed by atoms with E-state index in [2.05, 4.69) is 4.74 Å². The summed E-state index contributed by atoms with van der Waals surface area (Å²) in [5.41, 5.74) is 0.227. The van der Waals surface area contributed by atoms with Crippen LogP contribution in [-0.4, -0.2) is 18.4 Å². The van der Waals surface area contributed by atoms with Crippen molar-refractivity contribution in [3.8, 4) is 17.2 Å². The monoisotopic (exact) mass is 468 g/mol. The first kappa shape index (κ1) is 21.5. The first-order chi connectivity index (χ1) is 15.3. The molecule has 5 nitrogen and oxygen atoms in total. The predicted octanol–water partition coefficient (Wildman–Crippen LogP) is 5.04. The van der Waals surface area contributed by atoms with Crippen molar-refractivity contribution in [2.45, 2.75) is 0 Å². The van der Waals surface area contributed by atoms with Crippen LogP contribution in [0.3, 0.4) is 0 Å². The molecule has 1 aromatic heterocycles. The number of fused-ring (bicyclic) bond motifs is 1. The molecule has 0 bridgehead atoms. The highest BCUT2D eigenvalue weighted by molar-refractivity contribution is 7.10. The number of thiophene rings is 1. The largest absolute Gasteiger partial charge is 0.476 e. The molecule has 0 atom stereocenters. The molecule has 4 rings (SSSR count). The minimum absolute atomic E-state index is 0.0700. The van der Waals surface area contributed by atoms with E-state index >= 15 is 0 Å². The van der Waals surface area contributed by atoms with Gasteiger partial charge in [0.2, 0.25) is 34.9 Å². The van der Waals surface area contributed by atoms with Gasteiger partial charge in [0.15, 0.2) is 18.1 Å². The van der Waals surface area contributed by atoms with Crippen LogP contribution in [0.1, 0.15) is 15.2 Å². The second-order valence-electron chi connectivity index (χ2n) is 6.27. The van der Waals surface area contributed by atoms with E-state index in [1.54, 1.807) is 18.2 Å². The van der Waals surface area contributed by atoms with Gasteiger partial charge in [-0.15, -0.1) is 11.3 Å². The van der Waals surface area contributed by atoms with Crippen LogP contribution in [-0.2, 0) is 4.79 Å². The van der Waals surface area contributed by atoms with Crippen LogP contribution in [0.4, 0.5) is 22.0 Å². The standard InChI is InChI=1S/C21H9F5O5S/c22-15-16(23)18(25)21(19(26)17(15)24)29-8-14(27)30-9-3-4-11-12(6-9)31-13(20(11)28)7-10-2-1-5-32-10/h1-7H,8H2/b13-7-. The summed E-state index contributed by atoms with van der Waals surface area (Å²) in [4.78, 5) is 25.1. The van der Waals surface area contributed by atoms with Crippen molar-refractivity contribution in [1.29, 1.82) is 0 Å². The molecule has 0 saturated heterocycles. The molecule has 32 heavy (non-hydrogen) atoms. The minimum Gasteiger partial charge on any atom is -0.476 e. The van der Waals surface area contributed by atoms with E-state index in [-0.39, 0.29) is 28.6 Å². The molecule has 0 aliphatic carbocycles. The van der Waals surface area contributed by atoms with Gasteiger partial charge < -0.3 is 14.2 Å². The fraction of sp³-hybridized carbons (Fsp3) is 0.0476. The number of allylic oxidation sites excluding steroid dienone is 1. The van der Waals surface area contributed by atoms with Crippen LogP contribution in [0.25, 0.3) is 6.08 Å². The predicted molar refractivity (Wildman–Crippen MR) is 101 cm³/mol. The maximum absolute atomic E-state index is 13.6. The molecule has 0 unspecified atom stereocenters. The Bertz CT molecular complexity index is 1240. The van der Waals surface area contributed by atoms with E-state index in [0.717, 1.165) is 4.88 Å². The summed E-state index contributed by atoms with van der Waals surface area (Å²) in [5.74, 6) is -14.3. The lowest BCUT2D eigenvalue weighted by molar-refractivity contribution is -0.136. The first-order valence-electron chi connectivity index (χ1n) is 8.73. The molecule has 0 radical (unpaired) electrons. The third-order valence-corrected chi connectivity index (χ3v) is 5.01. The van der Waals surface area contributed by atoms with Crippen LogP contribution in [0.5, 0.6) is 17.2 Å². The van der Waals surface area contributed by atoms with Crippen molar-refractivity contribution in [2.24, 2.45) is 0 Å². The summed E-state index contributed by atoms with van der Waals surface area (Å²) in [5, 5.41) is 1.82. The lowest BCUT2D eigenvalue weighted by atomic mass is 10.1. The van der Waals surface area contributed by atoms with Gasteiger partial charge in [0.1, 0.15) is 11.5 Å². The zero-order valence-electron chi connectivity index (χ0n) is 15.6. The fourth-order valence-corrected chi connectivity index (χ4v) is 3.38. The Morgan fingerprint density at radius 3 is 2.34 bits per heavy atom. The lowest BCUT2D eigenvalue weighted by Gasteiger charge is -2.10. The number of carbonyl (C=O) groups is 2. The smallest absolute Gasteiger partial charge is 0.349 e. The number of halogens is 5. The summed E-state index contributed by atoms with van der Waals surface area (Å²) in [6.07, 6.45) is 1.55. The molecular formula is C21H9F5O5S. The van der Waals surface area contributed by atoms with E-state index in [9.17, 15) is 31.5 Å². The third-order valence-electron chi connectivity index (χ3n) is 4.19. The number of Topliss-reactive ketones (excluding diaryl/α,β-unsaturated/α-hetero) is 1. The van der Waals surface area contributed by atoms with Crippen LogP contribution in [0.15, 0.2) is 41.5 Å². The Labute approximate surface area is 180 Å². The van der Waals surface area contributed by atoms with Gasteiger partial charge >= 0.3 is 5.97 Å². The summed E-state index contributed by atoms with van der Waals surface area (Å²) in [6, 6.07) is 7.44. The van der Waals surface area contributed by atoms with Gasteiger partial charge in [-0.1, -0.05) is 6.07 Å². The molecule has 0 amide bonds. The van der Waals surface area contributed by atoms with Crippen molar-refractivity contribution < 1.29 is 45.8 Å². The number of ether oxygens (including phenoxy) is 3. The Morgan fingerprint density at radius 2 is 1.69 bits per heavy atom. The van der Waals surface area contributed by atoms with E-state index in [4.69, 9.17) is 9.47 Å². The quantitative estimate of drug-likeness (QED) is 0.131. The molecule has 0 saturated carbocycles. The first-order valence-corrected chi connectivity index (χ1v) is 9.61. The average Bonchev–Trinajstić information content (AvgIpc) is 3.39. The van der Waals surface area contributed by atoms with E-state index in [0.29, 0.717) is 0 Å². The summed E-state index contributed by atoms with van der Waals surface area (Å²) >= 11 is 1.40. The zero-order chi connectivity index (χ0) is 23.0. The Kier molecular flexibility index (Phi) is 5.66. The van der Waals surface area contributed by atoms with Crippen LogP contribution >= 0.6 is 11.3 Å². The molecule has 11 heteroatoms. The molecular weight excluding hydrogens is 459 g/mol. The highest BCUT2D eigenvalue weighted by atomic mass is 32.1. The molecule has 0 fully saturated rings. The average molecular weight is 468 g/mol. The van der Waals surface area contributed by atoms with Crippen molar-refractivity contribution in [3.63, 3.8) is 0 Å². The van der Waals surface area contributed by atoms with Crippen LogP contribution in [0.2, 0.25) is 0 Å². The molecule has 1 aliphatic rings. The summed E-state index contributed by atoms with van der Waals surface area (Å²) < 4.78 is 81.4. The molecule has 0 N–H and O–H groups in total. The van der Waals surface area contributed by atoms with Crippen molar-refractivity contribution in [3.05, 3.63) is 81.0 Å². The number of hydrogen-bond acceptors (Lipinski definition) is 6. The Morgan fingerprint density at radius 1 is 1.00 bits per heavy atom. The van der Waals surface area contributed by atoms with Gasteiger partial charge in [0, 0.05) is 17.0 Å². The molecule has 3 aromatic rings. The van der Waals surface area contributed by atoms with Crippen LogP contribution in [0, 0.1) is 29.1 Å². The van der Waals surface area contributed by atoms with Crippen molar-refractivity contribution >= 4 is 29.2 Å². The van der Waals surface area contributed by atoms with Gasteiger partial charge in [-0.2, -0.15) is 8.78 Å². The van der Waals surface area contributed by atoms with E-state index in [1.807, 2.05) is 5.38 Å². The summed E-state index contributed by atoms with van der Waals surface area (Å²) in [7, 11) is 0. The molecule has 2 heterocycles. The van der Waals surface area contributed by atoms with Gasteiger partial charge in [-0.3, -0.25) is 4.79 Å². The zero-order valence-corrected chi connectivity index (χ0v) is 16.4. The Hall–Kier alpha value is -3.73. The summed E-state index contributed by atoms with van der Waals surface area (Å²) in [6.45, 7) is -1.15. The highest BCUT2D eigenvalue weighted by Crippen LogP contribution is 2.35. The molecule has 1 aliphatic heterocycles. The Balaban J connectivity index is 1.45. The van der Waals surface area contributed by atoms with Gasteiger partial charge in [-0.05, 0) is 23.6 Å². The van der Waals surface area contributed by atoms with Crippen LogP contribution < -0.4 is 14.2 Å². The van der Waals surface area contributed by atoms with Crippen molar-refractivity contribution in [1.82, 2.24) is 0 Å². The van der Waals surface area contributed by atoms with E-state index in [1.165, 1.54) is 29.5 Å². The number of carbonyl (C=O) groups excluding carboxylic acids is 2.